The van der Waals surface area contributed by atoms with Crippen LogP contribution in [0, 0.1) is 13.8 Å². The van der Waals surface area contributed by atoms with Crippen LogP contribution in [0.5, 0.6) is 11.5 Å². The molecular formula is C34H29Cl2CrN10O8S2. The summed E-state index contributed by atoms with van der Waals surface area (Å²) in [6, 6.07) is 19.9. The number of aromatic nitrogens is 4. The molecule has 0 bridgehead atoms. The van der Waals surface area contributed by atoms with E-state index in [1.165, 1.54) is 38.4 Å². The van der Waals surface area contributed by atoms with Crippen molar-refractivity contribution >= 4 is 66.0 Å². The number of benzene rings is 4. The molecule has 295 valence electrons. The molecule has 2 heterocycles. The number of hydrogen-bond donors (Lipinski definition) is 2. The third kappa shape index (κ3) is 10.1. The zero-order chi connectivity index (χ0) is 40.9. The first-order valence-electron chi connectivity index (χ1n) is 15.8. The van der Waals surface area contributed by atoms with Crippen LogP contribution in [0.1, 0.15) is 12.8 Å². The Hall–Kier alpha value is -5.37. The maximum absolute atomic E-state index is 12.6. The Morgan fingerprint density at radius 2 is 0.982 bits per heavy atom. The minimum absolute atomic E-state index is 0. The van der Waals surface area contributed by atoms with Crippen molar-refractivity contribution in [1.29, 1.82) is 0 Å². The van der Waals surface area contributed by atoms with Gasteiger partial charge < -0.3 is 29.8 Å². The van der Waals surface area contributed by atoms with Crippen LogP contribution in [0.15, 0.2) is 125 Å². The van der Waals surface area contributed by atoms with Crippen LogP contribution in [0.3, 0.4) is 0 Å². The predicted octanol–water partition coefficient (Wildman–Crippen LogP) is 4.42. The van der Waals surface area contributed by atoms with E-state index >= 15 is 0 Å². The number of azo groups is 2. The van der Waals surface area contributed by atoms with E-state index in [9.17, 15) is 36.6 Å². The van der Waals surface area contributed by atoms with Crippen molar-refractivity contribution in [2.45, 2.75) is 23.6 Å². The number of sulfonamides is 2. The number of nitrogens with zero attached hydrogens (tertiary/aromatic N) is 8. The fourth-order valence-electron chi connectivity index (χ4n) is 4.72. The molecule has 2 aromatic heterocycles. The second-order valence-corrected chi connectivity index (χ2v) is 16.0. The summed E-state index contributed by atoms with van der Waals surface area (Å²) in [5, 5.41) is 48.6. The number of nitrogens with one attached hydrogen (secondary N) is 2. The van der Waals surface area contributed by atoms with Crippen LogP contribution >= 0.6 is 23.2 Å². The van der Waals surface area contributed by atoms with Crippen LogP contribution in [0.4, 0.5) is 22.7 Å². The molecule has 4 aromatic carbocycles. The van der Waals surface area contributed by atoms with Crippen molar-refractivity contribution in [1.82, 2.24) is 29.0 Å². The molecule has 0 saturated heterocycles. The van der Waals surface area contributed by atoms with E-state index < -0.39 is 42.7 Å². The molecule has 1 radical (unpaired) electrons. The zero-order valence-corrected chi connectivity index (χ0v) is 34.3. The maximum Gasteiger partial charge on any atom is 3.00 e. The molecule has 0 saturated carbocycles. The van der Waals surface area contributed by atoms with Crippen molar-refractivity contribution in [3.05, 3.63) is 127 Å². The topological polar surface area (TPSA) is 260 Å². The SMILES string of the molecule is CNS(=O)(=O)c1ccc(N=Nc2c(C)[n-]n(-c3cccc(Cl)c3)c2=O)c([O-])c1.CNS(=O)(=O)c1ccc(N=Nc2c(C)[n-]n(-c3cccc(Cl)c3)c2=O)c([O-])c1.[Cr+3].[H+]. The molecule has 0 aliphatic carbocycles. The van der Waals surface area contributed by atoms with Gasteiger partial charge in [0.25, 0.3) is 11.1 Å². The molecule has 6 rings (SSSR count). The van der Waals surface area contributed by atoms with E-state index in [1.54, 1.807) is 62.4 Å². The van der Waals surface area contributed by atoms with Crippen LogP contribution in [0.2, 0.25) is 10.0 Å². The van der Waals surface area contributed by atoms with Gasteiger partial charge in [-0.1, -0.05) is 60.7 Å². The van der Waals surface area contributed by atoms with Gasteiger partial charge in [-0.05, 0) is 86.9 Å². The Morgan fingerprint density at radius 3 is 1.30 bits per heavy atom. The molecule has 23 heteroatoms. The molecule has 0 amide bonds. The Kier molecular flexibility index (Phi) is 14.2. The minimum atomic E-state index is -3.75. The molecule has 0 aliphatic heterocycles. The van der Waals surface area contributed by atoms with Gasteiger partial charge in [0.1, 0.15) is 11.4 Å². The van der Waals surface area contributed by atoms with Crippen LogP contribution < -0.4 is 41.0 Å². The van der Waals surface area contributed by atoms with E-state index in [-0.39, 0.29) is 51.3 Å². The first kappa shape index (κ1) is 44.3. The molecular weight excluding hydrogens is 863 g/mol. The van der Waals surface area contributed by atoms with Crippen molar-refractivity contribution in [3.63, 3.8) is 0 Å². The van der Waals surface area contributed by atoms with Gasteiger partial charge in [-0.2, -0.15) is 10.2 Å². The summed E-state index contributed by atoms with van der Waals surface area (Å²) in [6.45, 7) is 3.16. The van der Waals surface area contributed by atoms with E-state index in [0.29, 0.717) is 32.8 Å². The van der Waals surface area contributed by atoms with Gasteiger partial charge in [-0.3, -0.25) is 9.59 Å². The molecule has 57 heavy (non-hydrogen) atoms. The van der Waals surface area contributed by atoms with Crippen LogP contribution in [-0.2, 0) is 37.4 Å². The maximum atomic E-state index is 12.6. The first-order valence-corrected chi connectivity index (χ1v) is 19.6. The Morgan fingerprint density at radius 1 is 0.614 bits per heavy atom. The average Bonchev–Trinajstić information content (AvgIpc) is 3.62. The molecule has 0 unspecified atom stereocenters. The van der Waals surface area contributed by atoms with E-state index in [0.717, 1.165) is 21.5 Å². The fourth-order valence-corrected chi connectivity index (χ4v) is 6.58. The summed E-state index contributed by atoms with van der Waals surface area (Å²) in [5.41, 5.74) is 0.231. The normalized spacial score (nSPS) is 11.8. The number of rotatable bonds is 10. The number of aryl methyl sites for hydroxylation is 2. The third-order valence-corrected chi connectivity index (χ3v) is 10.9. The van der Waals surface area contributed by atoms with E-state index in [4.69, 9.17) is 23.2 Å². The average molecular weight is 893 g/mol. The van der Waals surface area contributed by atoms with E-state index in [2.05, 4.69) is 40.1 Å². The van der Waals surface area contributed by atoms with Crippen molar-refractivity contribution < 1.29 is 45.8 Å². The molecule has 0 atom stereocenters. The van der Waals surface area contributed by atoms with Crippen molar-refractivity contribution in [2.24, 2.45) is 20.5 Å². The molecule has 0 fully saturated rings. The van der Waals surface area contributed by atoms with Crippen LogP contribution in [-0.4, -0.2) is 40.3 Å². The second-order valence-electron chi connectivity index (χ2n) is 11.3. The number of hydrogen-bond acceptors (Lipinski definition) is 12. The van der Waals surface area contributed by atoms with Gasteiger partial charge >= 0.3 is 18.8 Å². The Balaban J connectivity index is 0.000000300. The van der Waals surface area contributed by atoms with Gasteiger partial charge in [-0.25, -0.2) is 26.3 Å². The Bertz CT molecular complexity index is 2670. The quantitative estimate of drug-likeness (QED) is 0.183. The minimum Gasteiger partial charge on any atom is -0.871 e. The molecule has 0 spiro atoms. The summed E-state index contributed by atoms with van der Waals surface area (Å²) in [7, 11) is -5.01. The van der Waals surface area contributed by atoms with E-state index in [1.807, 2.05) is 0 Å². The van der Waals surface area contributed by atoms with Crippen molar-refractivity contribution in [2.75, 3.05) is 14.1 Å². The molecule has 6 aromatic rings. The summed E-state index contributed by atoms with van der Waals surface area (Å²) in [4.78, 5) is 24.8. The molecule has 2 N–H and O–H groups in total. The summed E-state index contributed by atoms with van der Waals surface area (Å²) >= 11 is 11.9. The Labute approximate surface area is 347 Å². The standard InChI is InChI=1S/2C17H16ClN5O4S.Cr/c2*1-10-16(17(25)23(22-10)12-5-3-4-11(18)8-12)21-20-14-7-6-13(9-15(14)24)28(26,27)19-2;/h2*3-9,19H,1-2H3,(H2,20,21,22,24,25);/q;;+3/p-3. The van der Waals surface area contributed by atoms with Gasteiger partial charge in [0.05, 0.1) is 21.2 Å². The molecule has 0 aliphatic rings. The largest absolute Gasteiger partial charge is 3.00 e. The summed E-state index contributed by atoms with van der Waals surface area (Å²) < 4.78 is 53.4. The van der Waals surface area contributed by atoms with Crippen molar-refractivity contribution in [3.8, 4) is 22.9 Å². The fraction of sp³-hybridized carbons (Fsp3) is 0.118. The third-order valence-electron chi connectivity index (χ3n) is 7.62. The van der Waals surface area contributed by atoms with Gasteiger partial charge in [0.2, 0.25) is 20.0 Å². The smallest absolute Gasteiger partial charge is 0.871 e. The second kappa shape index (κ2) is 18.3. The predicted molar refractivity (Wildman–Crippen MR) is 204 cm³/mol. The summed E-state index contributed by atoms with van der Waals surface area (Å²) in [5.74, 6) is -1.29. The number of halogens is 2. The molecule has 18 nitrogen and oxygen atoms in total. The monoisotopic (exact) mass is 891 g/mol. The van der Waals surface area contributed by atoms with Crippen LogP contribution in [0.25, 0.3) is 11.4 Å². The van der Waals surface area contributed by atoms with Gasteiger partial charge in [-0.15, -0.1) is 21.6 Å². The first-order chi connectivity index (χ1) is 26.4. The summed E-state index contributed by atoms with van der Waals surface area (Å²) in [6.07, 6.45) is 0. The zero-order valence-electron chi connectivity index (χ0n) is 30.9. The van der Waals surface area contributed by atoms with Gasteiger partial charge in [0, 0.05) is 21.4 Å². The van der Waals surface area contributed by atoms with Gasteiger partial charge in [0.15, 0.2) is 0 Å².